The van der Waals surface area contributed by atoms with E-state index in [-0.39, 0.29) is 6.09 Å². The van der Waals surface area contributed by atoms with E-state index in [0.717, 1.165) is 166 Å². The van der Waals surface area contributed by atoms with E-state index in [1.54, 1.807) is 36.0 Å². The monoisotopic (exact) mass is 1220 g/mol. The number of pyridine rings is 9. The van der Waals surface area contributed by atoms with Crippen molar-refractivity contribution in [1.82, 2.24) is 74.6 Å². The van der Waals surface area contributed by atoms with E-state index in [9.17, 15) is 4.79 Å². The van der Waals surface area contributed by atoms with Crippen molar-refractivity contribution in [2.24, 2.45) is 0 Å². The molecule has 3 aliphatic rings. The summed E-state index contributed by atoms with van der Waals surface area (Å²) in [6.07, 6.45) is 16.2. The first kappa shape index (κ1) is 60.6. The number of anilines is 8. The summed E-state index contributed by atoms with van der Waals surface area (Å²) in [5.74, 6) is 2.07. The third-order valence-corrected chi connectivity index (χ3v) is 15.8. The van der Waals surface area contributed by atoms with Crippen molar-refractivity contribution in [2.75, 3.05) is 104 Å². The highest BCUT2D eigenvalue weighted by Crippen LogP contribution is 2.32. The fourth-order valence-corrected chi connectivity index (χ4v) is 11.0. The largest absolute Gasteiger partial charge is 0.444 e. The quantitative estimate of drug-likeness (QED) is 0.0805. The lowest BCUT2D eigenvalue weighted by atomic mass is 10.1. The van der Waals surface area contributed by atoms with Crippen molar-refractivity contribution >= 4 is 74.1 Å². The Balaban J connectivity index is 0.000000138. The predicted molar refractivity (Wildman–Crippen MR) is 360 cm³/mol. The average Bonchev–Trinajstić information content (AvgIpc) is 2.05. The molecule has 11 aromatic rings. The molecule has 0 radical (unpaired) electrons. The van der Waals surface area contributed by atoms with Crippen molar-refractivity contribution in [3.8, 4) is 45.6 Å². The SMILES string of the molecule is CC(C)(C)OC(=O)N1CCN(c2ccc(N)nc2)CC1.Cc1cccc(-c2nc[nH]c2-c2ccc3ncc(Nc4ccc(N5CCCCC5)cn4)cc3n2)n1.Cc1cccc(-c2nc[nH]c2-c2ccc3ncc(Nc4ccc(N5CCN(C)CC5)cn4)cc3n2)n1. The molecule has 3 fully saturated rings. The van der Waals surface area contributed by atoms with Crippen LogP contribution in [-0.4, -0.2) is 159 Å². The fourth-order valence-electron chi connectivity index (χ4n) is 11.0. The zero-order valence-electron chi connectivity index (χ0n) is 52.2. The molecular weight excluding hydrogens is 1140 g/mol. The van der Waals surface area contributed by atoms with Crippen LogP contribution in [0.4, 0.5) is 50.7 Å². The summed E-state index contributed by atoms with van der Waals surface area (Å²) in [6.45, 7) is 18.8. The number of aromatic nitrogens is 13. The van der Waals surface area contributed by atoms with E-state index < -0.39 is 5.60 Å². The van der Waals surface area contributed by atoms with Gasteiger partial charge in [0.25, 0.3) is 0 Å². The smallest absolute Gasteiger partial charge is 0.410 e. The molecule has 1 amide bonds. The third kappa shape index (κ3) is 15.3. The van der Waals surface area contributed by atoms with Crippen LogP contribution in [0, 0.1) is 13.8 Å². The minimum Gasteiger partial charge on any atom is -0.444 e. The number of nitrogens with zero attached hydrogens (tertiary/aromatic N) is 16. The number of hydrogen-bond donors (Lipinski definition) is 5. The first-order chi connectivity index (χ1) is 44.2. The number of ether oxygens (including phenoxy) is 1. The van der Waals surface area contributed by atoms with Gasteiger partial charge in [-0.05, 0) is 158 Å². The molecule has 3 aliphatic heterocycles. The molecule has 6 N–H and O–H groups in total. The summed E-state index contributed by atoms with van der Waals surface area (Å²) in [7, 11) is 2.16. The van der Waals surface area contributed by atoms with Crippen LogP contribution in [0.25, 0.3) is 67.6 Å². The normalized spacial score (nSPS) is 14.5. The van der Waals surface area contributed by atoms with Crippen LogP contribution in [0.3, 0.4) is 0 Å². The average molecular weight is 1220 g/mol. The van der Waals surface area contributed by atoms with E-state index in [1.165, 1.54) is 24.9 Å². The van der Waals surface area contributed by atoms with Gasteiger partial charge >= 0.3 is 6.09 Å². The number of imidazole rings is 2. The Bertz CT molecular complexity index is 4240. The number of nitrogens with one attached hydrogen (secondary N) is 4. The second-order valence-electron chi connectivity index (χ2n) is 23.8. The lowest BCUT2D eigenvalue weighted by Crippen LogP contribution is -2.50. The summed E-state index contributed by atoms with van der Waals surface area (Å²) in [6, 6.07) is 35.7. The molecule has 0 aliphatic carbocycles. The molecule has 0 atom stereocenters. The molecule has 23 nitrogen and oxygen atoms in total. The molecule has 0 bridgehead atoms. The topological polar surface area (TPSA) is 266 Å². The summed E-state index contributed by atoms with van der Waals surface area (Å²) < 4.78 is 5.37. The molecule has 23 heteroatoms. The van der Waals surface area contributed by atoms with Gasteiger partial charge in [-0.2, -0.15) is 0 Å². The van der Waals surface area contributed by atoms with E-state index in [2.05, 4.69) is 104 Å². The van der Waals surface area contributed by atoms with Crippen molar-refractivity contribution in [3.05, 3.63) is 164 Å². The van der Waals surface area contributed by atoms with Crippen LogP contribution in [0.15, 0.2) is 153 Å². The van der Waals surface area contributed by atoms with Crippen molar-refractivity contribution in [3.63, 3.8) is 0 Å². The summed E-state index contributed by atoms with van der Waals surface area (Å²) in [5.41, 5.74) is 21.7. The molecule has 0 spiro atoms. The Morgan fingerprint density at radius 1 is 0.484 bits per heavy atom. The molecular formula is C68H75N21O2. The van der Waals surface area contributed by atoms with Crippen LogP contribution in [-0.2, 0) is 4.74 Å². The highest BCUT2D eigenvalue weighted by molar-refractivity contribution is 5.85. The van der Waals surface area contributed by atoms with Crippen LogP contribution < -0.4 is 31.1 Å². The minimum atomic E-state index is -0.449. The van der Waals surface area contributed by atoms with Crippen LogP contribution in [0.2, 0.25) is 0 Å². The van der Waals surface area contributed by atoms with E-state index >= 15 is 0 Å². The maximum Gasteiger partial charge on any atom is 0.410 e. The zero-order valence-corrected chi connectivity index (χ0v) is 52.2. The second-order valence-corrected chi connectivity index (χ2v) is 23.8. The summed E-state index contributed by atoms with van der Waals surface area (Å²) >= 11 is 0. The highest BCUT2D eigenvalue weighted by atomic mass is 16.6. The van der Waals surface area contributed by atoms with Crippen LogP contribution in [0.5, 0.6) is 0 Å². The van der Waals surface area contributed by atoms with Gasteiger partial charge in [-0.15, -0.1) is 0 Å². The van der Waals surface area contributed by atoms with Gasteiger partial charge in [0, 0.05) is 76.8 Å². The van der Waals surface area contributed by atoms with Gasteiger partial charge in [0.05, 0.1) is 128 Å². The van der Waals surface area contributed by atoms with Crippen LogP contribution >= 0.6 is 0 Å². The number of hydrogen-bond acceptors (Lipinski definition) is 20. The third-order valence-electron chi connectivity index (χ3n) is 15.8. The first-order valence-electron chi connectivity index (χ1n) is 30.8. The summed E-state index contributed by atoms with van der Waals surface area (Å²) in [4.78, 5) is 80.0. The molecule has 0 aromatic carbocycles. The molecule has 3 saturated heterocycles. The number of piperidine rings is 1. The first-order valence-corrected chi connectivity index (χ1v) is 30.8. The number of nitrogen functional groups attached to an aromatic ring is 1. The van der Waals surface area contributed by atoms with Crippen molar-refractivity contribution in [2.45, 2.75) is 59.5 Å². The number of aromatic amines is 2. The number of rotatable bonds is 11. The number of aryl methyl sites for hydroxylation is 2. The molecule has 0 saturated carbocycles. The van der Waals surface area contributed by atoms with Gasteiger partial charge in [-0.25, -0.2) is 39.7 Å². The highest BCUT2D eigenvalue weighted by Gasteiger charge is 2.26. The lowest BCUT2D eigenvalue weighted by Gasteiger charge is -2.36. The van der Waals surface area contributed by atoms with Gasteiger partial charge in [-0.3, -0.25) is 19.9 Å². The van der Waals surface area contributed by atoms with Crippen molar-refractivity contribution in [1.29, 1.82) is 0 Å². The van der Waals surface area contributed by atoms with E-state index in [0.29, 0.717) is 18.9 Å². The standard InChI is InChI=1S/C27H27N9.C27H26N8.C14H22N4O2/c1-18-4-3-5-22(32-18)26-27(31-17-30-26)23-8-7-21-24(34-23)14-19(15-28-21)33-25-9-6-20(16-29-25)36-12-10-35(2)11-13-36;1-18-6-5-7-22(32-18)26-27(31-17-30-26)23-10-9-21-24(34-23)14-19(15-28-21)33-25-11-8-20(16-29-25)35-12-3-2-4-13-35;1-14(2,3)20-13(19)18-8-6-17(7-9-18)11-4-5-12(15)16-10-11/h3-9,14-17H,10-13H2,1-2H3,(H,29,33)(H,30,31);5-11,14-17H,2-4,12-13H2,1H3,(H,29,33)(H,30,31);4-5,10H,6-9H2,1-3H3,(H2,15,16). The Morgan fingerprint density at radius 3 is 1.41 bits per heavy atom. The molecule has 464 valence electrons. The summed E-state index contributed by atoms with van der Waals surface area (Å²) in [5, 5.41) is 6.72. The number of carbonyl (C=O) groups excluding carboxylic acids is 1. The number of carbonyl (C=O) groups is 1. The van der Waals surface area contributed by atoms with Gasteiger partial charge in [0.1, 0.15) is 34.4 Å². The van der Waals surface area contributed by atoms with E-state index in [1.807, 2.05) is 144 Å². The molecule has 14 rings (SSSR count). The lowest BCUT2D eigenvalue weighted by molar-refractivity contribution is 0.0240. The van der Waals surface area contributed by atoms with Crippen LogP contribution in [0.1, 0.15) is 51.4 Å². The molecule has 14 heterocycles. The maximum absolute atomic E-state index is 12.0. The minimum absolute atomic E-state index is 0.243. The number of H-pyrrole nitrogens is 2. The predicted octanol–water partition coefficient (Wildman–Crippen LogP) is 11.5. The molecule has 0 unspecified atom stereocenters. The number of amides is 1. The Hall–Kier alpha value is -10.7. The van der Waals surface area contributed by atoms with Gasteiger partial charge < -0.3 is 55.6 Å². The van der Waals surface area contributed by atoms with E-state index in [4.69, 9.17) is 20.4 Å². The Labute approximate surface area is 528 Å². The molecule has 11 aromatic heterocycles. The second kappa shape index (κ2) is 27.4. The number of piperazine rings is 2. The van der Waals surface area contributed by atoms with Crippen molar-refractivity contribution < 1.29 is 9.53 Å². The maximum atomic E-state index is 12.0. The van der Waals surface area contributed by atoms with Gasteiger partial charge in [0.2, 0.25) is 0 Å². The number of fused-ring (bicyclic) bond motifs is 2. The Morgan fingerprint density at radius 2 is 0.956 bits per heavy atom. The van der Waals surface area contributed by atoms with Gasteiger partial charge in [-0.1, -0.05) is 12.1 Å². The number of likely N-dealkylation sites (N-methyl/N-ethyl adjacent to an activating group) is 1. The molecule has 91 heavy (non-hydrogen) atoms. The number of nitrogens with two attached hydrogens (primary N) is 1. The Kier molecular flexibility index (Phi) is 18.2. The fraction of sp³-hybridized carbons (Fsp3) is 0.294. The zero-order chi connectivity index (χ0) is 62.8. The van der Waals surface area contributed by atoms with Gasteiger partial charge in [0.15, 0.2) is 0 Å².